The number of thiazole rings is 2. The Morgan fingerprint density at radius 2 is 1.81 bits per heavy atom. The highest BCUT2D eigenvalue weighted by Crippen LogP contribution is 2.33. The first kappa shape index (κ1) is 16.8. The van der Waals surface area contributed by atoms with Gasteiger partial charge in [-0.3, -0.25) is 0 Å². The molecule has 4 rings (SSSR count). The lowest BCUT2D eigenvalue weighted by Gasteiger charge is -2.03. The number of aromatic nitrogens is 2. The van der Waals surface area contributed by atoms with Crippen LogP contribution in [-0.2, 0) is 0 Å². The largest absolute Gasteiger partial charge is 0.497 e. The van der Waals surface area contributed by atoms with Crippen molar-refractivity contribution in [2.75, 3.05) is 19.0 Å². The molecular weight excluding hydrogens is 366 g/mol. The molecule has 0 bridgehead atoms. The van der Waals surface area contributed by atoms with Crippen molar-refractivity contribution in [3.63, 3.8) is 0 Å². The van der Waals surface area contributed by atoms with E-state index in [-0.39, 0.29) is 0 Å². The average Bonchev–Trinajstić information content (AvgIpc) is 3.28. The fourth-order valence-corrected chi connectivity index (χ4v) is 4.16. The predicted molar refractivity (Wildman–Crippen MR) is 108 cm³/mol. The second kappa shape index (κ2) is 7.31. The molecule has 4 aromatic rings. The third-order valence-electron chi connectivity index (χ3n) is 3.77. The molecule has 0 aliphatic heterocycles. The zero-order valence-electron chi connectivity index (χ0n) is 14.4. The molecule has 2 aromatic heterocycles. The molecule has 132 valence electrons. The first-order valence-electron chi connectivity index (χ1n) is 8.15. The molecule has 7 heteroatoms. The molecule has 0 unspecified atom stereocenters. The topological polar surface area (TPSA) is 56.3 Å². The molecule has 0 saturated carbocycles. The van der Waals surface area contributed by atoms with E-state index in [0.29, 0.717) is 6.61 Å². The van der Waals surface area contributed by atoms with Crippen LogP contribution in [0.15, 0.2) is 47.8 Å². The minimum atomic E-state index is 0.665. The van der Waals surface area contributed by atoms with Crippen molar-refractivity contribution in [2.24, 2.45) is 0 Å². The summed E-state index contributed by atoms with van der Waals surface area (Å²) in [6.07, 6.45) is 0. The zero-order chi connectivity index (χ0) is 17.9. The van der Waals surface area contributed by atoms with Crippen LogP contribution in [0.2, 0.25) is 0 Å². The molecule has 0 fully saturated rings. The number of fused-ring (bicyclic) bond motifs is 1. The van der Waals surface area contributed by atoms with Gasteiger partial charge in [-0.15, -0.1) is 11.3 Å². The summed E-state index contributed by atoms with van der Waals surface area (Å²) in [6, 6.07) is 13.9. The number of rotatable bonds is 6. The second-order valence-corrected chi connectivity index (χ2v) is 7.36. The van der Waals surface area contributed by atoms with Crippen LogP contribution in [0.25, 0.3) is 21.5 Å². The maximum Gasteiger partial charge on any atom is 0.190 e. The first-order valence-corrected chi connectivity index (χ1v) is 9.85. The molecule has 0 saturated heterocycles. The number of anilines is 2. The average molecular weight is 383 g/mol. The summed E-state index contributed by atoms with van der Waals surface area (Å²) in [5, 5.41) is 6.98. The first-order chi connectivity index (χ1) is 12.7. The van der Waals surface area contributed by atoms with Crippen molar-refractivity contribution in [3.05, 3.63) is 47.8 Å². The SMILES string of the molecule is CCOc1ccc(-c2csc(Nc3nc4cc(OC)ccc4s3)n2)cc1. The van der Waals surface area contributed by atoms with Gasteiger partial charge in [-0.25, -0.2) is 9.97 Å². The Kier molecular flexibility index (Phi) is 4.73. The normalized spacial score (nSPS) is 10.8. The Morgan fingerprint density at radius 1 is 1.00 bits per heavy atom. The van der Waals surface area contributed by atoms with Gasteiger partial charge in [0.1, 0.15) is 11.5 Å². The van der Waals surface area contributed by atoms with Crippen molar-refractivity contribution >= 4 is 43.2 Å². The van der Waals surface area contributed by atoms with Crippen molar-refractivity contribution in [3.8, 4) is 22.8 Å². The van der Waals surface area contributed by atoms with Crippen LogP contribution in [0, 0.1) is 0 Å². The zero-order valence-corrected chi connectivity index (χ0v) is 16.0. The van der Waals surface area contributed by atoms with Gasteiger partial charge in [-0.2, -0.15) is 0 Å². The molecule has 0 spiro atoms. The van der Waals surface area contributed by atoms with Crippen LogP contribution < -0.4 is 14.8 Å². The van der Waals surface area contributed by atoms with Gasteiger partial charge in [-0.1, -0.05) is 11.3 Å². The Bertz CT molecular complexity index is 1020. The molecule has 0 radical (unpaired) electrons. The number of nitrogens with zero attached hydrogens (tertiary/aromatic N) is 2. The molecular formula is C19H17N3O2S2. The minimum absolute atomic E-state index is 0.665. The maximum atomic E-state index is 5.48. The van der Waals surface area contributed by atoms with Gasteiger partial charge in [0.05, 0.1) is 29.6 Å². The highest BCUT2D eigenvalue weighted by atomic mass is 32.1. The monoisotopic (exact) mass is 383 g/mol. The molecule has 0 atom stereocenters. The van der Waals surface area contributed by atoms with Gasteiger partial charge < -0.3 is 14.8 Å². The fraction of sp³-hybridized carbons (Fsp3) is 0.158. The number of nitrogens with one attached hydrogen (secondary N) is 1. The highest BCUT2D eigenvalue weighted by Gasteiger charge is 2.09. The second-order valence-electron chi connectivity index (χ2n) is 5.47. The quantitative estimate of drug-likeness (QED) is 0.472. The van der Waals surface area contributed by atoms with Gasteiger partial charge in [0.15, 0.2) is 10.3 Å². The van der Waals surface area contributed by atoms with E-state index in [4.69, 9.17) is 9.47 Å². The molecule has 2 heterocycles. The fourth-order valence-electron chi connectivity index (χ4n) is 2.53. The highest BCUT2D eigenvalue weighted by molar-refractivity contribution is 7.22. The van der Waals surface area contributed by atoms with Gasteiger partial charge in [-0.05, 0) is 43.3 Å². The van der Waals surface area contributed by atoms with Gasteiger partial charge in [0.25, 0.3) is 0 Å². The number of hydrogen-bond acceptors (Lipinski definition) is 7. The van der Waals surface area contributed by atoms with Gasteiger partial charge >= 0.3 is 0 Å². The third kappa shape index (κ3) is 3.49. The lowest BCUT2D eigenvalue weighted by atomic mass is 10.2. The van der Waals surface area contributed by atoms with Crippen LogP contribution in [-0.4, -0.2) is 23.7 Å². The molecule has 0 aliphatic carbocycles. The molecule has 0 aliphatic rings. The van der Waals surface area contributed by atoms with E-state index in [1.165, 1.54) is 0 Å². The van der Waals surface area contributed by atoms with E-state index in [1.807, 2.05) is 54.8 Å². The van der Waals surface area contributed by atoms with E-state index >= 15 is 0 Å². The van der Waals surface area contributed by atoms with E-state index in [1.54, 1.807) is 29.8 Å². The van der Waals surface area contributed by atoms with E-state index in [0.717, 1.165) is 43.2 Å². The van der Waals surface area contributed by atoms with Crippen LogP contribution in [0.3, 0.4) is 0 Å². The molecule has 5 nitrogen and oxygen atoms in total. The number of benzene rings is 2. The van der Waals surface area contributed by atoms with Crippen LogP contribution >= 0.6 is 22.7 Å². The Labute approximate surface area is 159 Å². The van der Waals surface area contributed by atoms with Crippen molar-refractivity contribution in [1.29, 1.82) is 0 Å². The number of methoxy groups -OCH3 is 1. The maximum absolute atomic E-state index is 5.48. The Balaban J connectivity index is 1.52. The summed E-state index contributed by atoms with van der Waals surface area (Å²) in [5.74, 6) is 1.68. The van der Waals surface area contributed by atoms with Gasteiger partial charge in [0, 0.05) is 17.0 Å². The lowest BCUT2D eigenvalue weighted by molar-refractivity contribution is 0.340. The van der Waals surface area contributed by atoms with E-state index < -0.39 is 0 Å². The van der Waals surface area contributed by atoms with Crippen LogP contribution in [0.5, 0.6) is 11.5 Å². The van der Waals surface area contributed by atoms with Crippen molar-refractivity contribution in [1.82, 2.24) is 9.97 Å². The van der Waals surface area contributed by atoms with E-state index in [9.17, 15) is 0 Å². The molecule has 0 amide bonds. The van der Waals surface area contributed by atoms with Crippen LogP contribution in [0.1, 0.15) is 6.92 Å². The third-order valence-corrected chi connectivity index (χ3v) is 5.48. The standard InChI is InChI=1S/C19H17N3O2S2/c1-3-24-13-6-4-12(5-7-13)16-11-25-18(21-16)22-19-20-15-10-14(23-2)8-9-17(15)26-19/h4-11H,3H2,1-2H3,(H,20,21,22). The Hall–Kier alpha value is -2.64. The van der Waals surface area contributed by atoms with E-state index in [2.05, 4.69) is 15.3 Å². The summed E-state index contributed by atoms with van der Waals surface area (Å²) in [5.41, 5.74) is 2.91. The molecule has 26 heavy (non-hydrogen) atoms. The van der Waals surface area contributed by atoms with Crippen molar-refractivity contribution < 1.29 is 9.47 Å². The molecule has 2 aromatic carbocycles. The lowest BCUT2D eigenvalue weighted by Crippen LogP contribution is -1.91. The van der Waals surface area contributed by atoms with Crippen LogP contribution in [0.4, 0.5) is 10.3 Å². The number of ether oxygens (including phenoxy) is 2. The van der Waals surface area contributed by atoms with Crippen molar-refractivity contribution in [2.45, 2.75) is 6.92 Å². The summed E-state index contributed by atoms with van der Waals surface area (Å²) in [4.78, 5) is 9.27. The smallest absolute Gasteiger partial charge is 0.190 e. The summed E-state index contributed by atoms with van der Waals surface area (Å²) < 4.78 is 11.8. The molecule has 1 N–H and O–H groups in total. The van der Waals surface area contributed by atoms with Gasteiger partial charge in [0.2, 0.25) is 0 Å². The number of hydrogen-bond donors (Lipinski definition) is 1. The Morgan fingerprint density at radius 3 is 2.58 bits per heavy atom. The minimum Gasteiger partial charge on any atom is -0.497 e. The summed E-state index contributed by atoms with van der Waals surface area (Å²) >= 11 is 3.16. The predicted octanol–water partition coefficient (Wildman–Crippen LogP) is 5.57. The summed E-state index contributed by atoms with van der Waals surface area (Å²) in [6.45, 7) is 2.64. The summed E-state index contributed by atoms with van der Waals surface area (Å²) in [7, 11) is 1.66.